The second-order valence-electron chi connectivity index (χ2n) is 6.19. The first-order valence-corrected chi connectivity index (χ1v) is 7.49. The Morgan fingerprint density at radius 2 is 1.83 bits per heavy atom. The molecule has 4 nitrogen and oxygen atoms in total. The molecule has 1 amide bonds. The van der Waals surface area contributed by atoms with Gasteiger partial charge in [0, 0.05) is 38.8 Å². The molecule has 2 atom stereocenters. The lowest BCUT2D eigenvalue weighted by atomic mass is 9.91. The van der Waals surface area contributed by atoms with E-state index in [1.807, 2.05) is 0 Å². The van der Waals surface area contributed by atoms with E-state index in [0.29, 0.717) is 11.8 Å². The Labute approximate surface area is 110 Å². The van der Waals surface area contributed by atoms with Gasteiger partial charge in [-0.2, -0.15) is 0 Å². The van der Waals surface area contributed by atoms with E-state index < -0.39 is 0 Å². The summed E-state index contributed by atoms with van der Waals surface area (Å²) >= 11 is 0. The van der Waals surface area contributed by atoms with E-state index in [4.69, 9.17) is 0 Å². The molecule has 2 aliphatic heterocycles. The Hall–Kier alpha value is -0.610. The van der Waals surface area contributed by atoms with E-state index in [-0.39, 0.29) is 5.92 Å². The molecule has 1 N–H and O–H groups in total. The van der Waals surface area contributed by atoms with Gasteiger partial charge in [-0.3, -0.25) is 9.69 Å². The SMILES string of the molecule is C[C@@H]1CNC[C@H]1C(=O)N1CCN(C2CCC2)CC1. The highest BCUT2D eigenvalue weighted by molar-refractivity contribution is 5.79. The predicted molar refractivity (Wildman–Crippen MR) is 71.3 cm³/mol. The fourth-order valence-electron chi connectivity index (χ4n) is 3.43. The van der Waals surface area contributed by atoms with Crippen molar-refractivity contribution < 1.29 is 4.79 Å². The number of nitrogens with zero attached hydrogens (tertiary/aromatic N) is 2. The van der Waals surface area contributed by atoms with Crippen LogP contribution in [0.5, 0.6) is 0 Å². The summed E-state index contributed by atoms with van der Waals surface area (Å²) in [5, 5.41) is 3.33. The molecule has 18 heavy (non-hydrogen) atoms. The van der Waals surface area contributed by atoms with Crippen LogP contribution in [-0.4, -0.2) is 61.0 Å². The second kappa shape index (κ2) is 5.17. The molecule has 0 bridgehead atoms. The summed E-state index contributed by atoms with van der Waals surface area (Å²) in [6.07, 6.45) is 4.14. The van der Waals surface area contributed by atoms with Crippen LogP contribution in [0.2, 0.25) is 0 Å². The summed E-state index contributed by atoms with van der Waals surface area (Å²) in [6.45, 7) is 8.13. The molecule has 0 aromatic heterocycles. The van der Waals surface area contributed by atoms with Crippen LogP contribution in [0.4, 0.5) is 0 Å². The molecule has 0 radical (unpaired) electrons. The molecule has 3 aliphatic rings. The molecular weight excluding hydrogens is 226 g/mol. The van der Waals surface area contributed by atoms with Crippen molar-refractivity contribution in [3.8, 4) is 0 Å². The van der Waals surface area contributed by atoms with Gasteiger partial charge in [-0.25, -0.2) is 0 Å². The lowest BCUT2D eigenvalue weighted by Crippen LogP contribution is -2.55. The zero-order valence-corrected chi connectivity index (χ0v) is 11.4. The van der Waals surface area contributed by atoms with Crippen molar-refractivity contribution in [2.75, 3.05) is 39.3 Å². The Morgan fingerprint density at radius 3 is 2.33 bits per heavy atom. The normalized spacial score (nSPS) is 34.6. The van der Waals surface area contributed by atoms with Gasteiger partial charge in [-0.05, 0) is 25.3 Å². The zero-order valence-electron chi connectivity index (χ0n) is 11.4. The molecule has 0 unspecified atom stereocenters. The van der Waals surface area contributed by atoms with Crippen molar-refractivity contribution in [1.82, 2.24) is 15.1 Å². The van der Waals surface area contributed by atoms with Gasteiger partial charge in [0.05, 0.1) is 5.92 Å². The second-order valence-corrected chi connectivity index (χ2v) is 6.19. The smallest absolute Gasteiger partial charge is 0.227 e. The number of carbonyl (C=O) groups is 1. The van der Waals surface area contributed by atoms with Crippen molar-refractivity contribution in [3.63, 3.8) is 0 Å². The maximum Gasteiger partial charge on any atom is 0.227 e. The maximum atomic E-state index is 12.4. The molecular formula is C14H25N3O. The number of carbonyl (C=O) groups excluding carboxylic acids is 1. The number of piperazine rings is 1. The molecule has 1 aliphatic carbocycles. The summed E-state index contributed by atoms with van der Waals surface area (Å²) in [5.74, 6) is 1.11. The van der Waals surface area contributed by atoms with Gasteiger partial charge in [0.2, 0.25) is 5.91 Å². The quantitative estimate of drug-likeness (QED) is 0.778. The number of hydrogen-bond donors (Lipinski definition) is 1. The Kier molecular flexibility index (Phi) is 3.57. The number of rotatable bonds is 2. The lowest BCUT2D eigenvalue weighted by molar-refractivity contribution is -0.138. The molecule has 3 fully saturated rings. The van der Waals surface area contributed by atoms with Gasteiger partial charge < -0.3 is 10.2 Å². The van der Waals surface area contributed by atoms with E-state index in [9.17, 15) is 4.79 Å². The minimum Gasteiger partial charge on any atom is -0.340 e. The fraction of sp³-hybridized carbons (Fsp3) is 0.929. The highest BCUT2D eigenvalue weighted by atomic mass is 16.2. The van der Waals surface area contributed by atoms with Crippen LogP contribution in [-0.2, 0) is 4.79 Å². The van der Waals surface area contributed by atoms with Gasteiger partial charge in [0.25, 0.3) is 0 Å². The van der Waals surface area contributed by atoms with Crippen molar-refractivity contribution >= 4 is 5.91 Å². The summed E-state index contributed by atoms with van der Waals surface area (Å²) in [7, 11) is 0. The first-order valence-electron chi connectivity index (χ1n) is 7.49. The first-order chi connectivity index (χ1) is 8.75. The topological polar surface area (TPSA) is 35.6 Å². The van der Waals surface area contributed by atoms with Crippen LogP contribution in [0.25, 0.3) is 0 Å². The molecule has 3 rings (SSSR count). The average molecular weight is 251 g/mol. The molecule has 2 saturated heterocycles. The number of hydrogen-bond acceptors (Lipinski definition) is 3. The van der Waals surface area contributed by atoms with Gasteiger partial charge >= 0.3 is 0 Å². The van der Waals surface area contributed by atoms with Gasteiger partial charge in [0.1, 0.15) is 0 Å². The Morgan fingerprint density at radius 1 is 1.11 bits per heavy atom. The van der Waals surface area contributed by atoms with Gasteiger partial charge in [-0.1, -0.05) is 13.3 Å². The van der Waals surface area contributed by atoms with Crippen molar-refractivity contribution in [3.05, 3.63) is 0 Å². The number of amides is 1. The summed E-state index contributed by atoms with van der Waals surface area (Å²) in [5.41, 5.74) is 0. The van der Waals surface area contributed by atoms with E-state index in [1.54, 1.807) is 0 Å². The van der Waals surface area contributed by atoms with Crippen molar-refractivity contribution in [2.45, 2.75) is 32.2 Å². The zero-order chi connectivity index (χ0) is 12.5. The van der Waals surface area contributed by atoms with Crippen LogP contribution in [0.3, 0.4) is 0 Å². The Bertz CT molecular complexity index is 308. The lowest BCUT2D eigenvalue weighted by Gasteiger charge is -2.43. The minimum atomic E-state index is 0.222. The van der Waals surface area contributed by atoms with E-state index in [0.717, 1.165) is 45.3 Å². The summed E-state index contributed by atoms with van der Waals surface area (Å²) < 4.78 is 0. The third-order valence-electron chi connectivity index (χ3n) is 5.05. The minimum absolute atomic E-state index is 0.222. The highest BCUT2D eigenvalue weighted by Crippen LogP contribution is 2.26. The van der Waals surface area contributed by atoms with E-state index >= 15 is 0 Å². The largest absolute Gasteiger partial charge is 0.340 e. The third kappa shape index (κ3) is 2.28. The van der Waals surface area contributed by atoms with E-state index in [1.165, 1.54) is 19.3 Å². The van der Waals surface area contributed by atoms with Crippen molar-refractivity contribution in [2.24, 2.45) is 11.8 Å². The van der Waals surface area contributed by atoms with Crippen LogP contribution in [0.1, 0.15) is 26.2 Å². The predicted octanol–water partition coefficient (Wildman–Crippen LogP) is 0.539. The fourth-order valence-corrected chi connectivity index (χ4v) is 3.43. The van der Waals surface area contributed by atoms with Gasteiger partial charge in [0.15, 0.2) is 0 Å². The van der Waals surface area contributed by atoms with Crippen LogP contribution >= 0.6 is 0 Å². The van der Waals surface area contributed by atoms with Crippen LogP contribution in [0, 0.1) is 11.8 Å². The van der Waals surface area contributed by atoms with Crippen LogP contribution < -0.4 is 5.32 Å². The molecule has 2 heterocycles. The summed E-state index contributed by atoms with van der Waals surface area (Å²) in [4.78, 5) is 17.1. The highest BCUT2D eigenvalue weighted by Gasteiger charge is 2.35. The first kappa shape index (κ1) is 12.4. The summed E-state index contributed by atoms with van der Waals surface area (Å²) in [6, 6.07) is 0.828. The molecule has 0 spiro atoms. The number of nitrogens with one attached hydrogen (secondary N) is 1. The van der Waals surface area contributed by atoms with Crippen molar-refractivity contribution in [1.29, 1.82) is 0 Å². The average Bonchev–Trinajstić information content (AvgIpc) is 2.73. The maximum absolute atomic E-state index is 12.4. The molecule has 4 heteroatoms. The van der Waals surface area contributed by atoms with Crippen LogP contribution in [0.15, 0.2) is 0 Å². The Balaban J connectivity index is 1.50. The van der Waals surface area contributed by atoms with E-state index in [2.05, 4.69) is 22.0 Å². The third-order valence-corrected chi connectivity index (χ3v) is 5.05. The molecule has 0 aromatic carbocycles. The van der Waals surface area contributed by atoms with Gasteiger partial charge in [-0.15, -0.1) is 0 Å². The molecule has 1 saturated carbocycles. The monoisotopic (exact) mass is 251 g/mol. The molecule has 102 valence electrons. The standard InChI is InChI=1S/C14H25N3O/c1-11-9-15-10-13(11)14(18)17-7-5-16(6-8-17)12-3-2-4-12/h11-13,15H,2-10H2,1H3/t11-,13-/m1/s1. The molecule has 0 aromatic rings.